The van der Waals surface area contributed by atoms with Gasteiger partial charge in [0, 0.05) is 30.7 Å². The Kier molecular flexibility index (Phi) is 3.88. The summed E-state index contributed by atoms with van der Waals surface area (Å²) in [5, 5.41) is 0. The van der Waals surface area contributed by atoms with Gasteiger partial charge in [0.05, 0.1) is 6.61 Å². The van der Waals surface area contributed by atoms with E-state index in [-0.39, 0.29) is 5.54 Å². The molecular formula is C13H26N2O. The summed E-state index contributed by atoms with van der Waals surface area (Å²) in [7, 11) is 0. The maximum atomic E-state index is 6.09. The lowest BCUT2D eigenvalue weighted by atomic mass is 9.83. The summed E-state index contributed by atoms with van der Waals surface area (Å²) >= 11 is 0. The second-order valence-corrected chi connectivity index (χ2v) is 5.55. The first-order valence-electron chi connectivity index (χ1n) is 6.77. The van der Waals surface area contributed by atoms with Crippen molar-refractivity contribution in [3.63, 3.8) is 0 Å². The van der Waals surface area contributed by atoms with Crippen LogP contribution in [0.5, 0.6) is 0 Å². The first-order chi connectivity index (χ1) is 7.72. The summed E-state index contributed by atoms with van der Waals surface area (Å²) in [5.74, 6) is 0.629. The van der Waals surface area contributed by atoms with Crippen LogP contribution in [0.3, 0.4) is 0 Å². The van der Waals surface area contributed by atoms with Gasteiger partial charge >= 0.3 is 0 Å². The number of hydrogen-bond acceptors (Lipinski definition) is 3. The van der Waals surface area contributed by atoms with E-state index in [1.165, 1.54) is 32.2 Å². The molecule has 1 saturated carbocycles. The molecule has 1 saturated heterocycles. The quantitative estimate of drug-likeness (QED) is 0.748. The van der Waals surface area contributed by atoms with Gasteiger partial charge in [-0.3, -0.25) is 4.90 Å². The molecule has 0 aromatic rings. The fraction of sp³-hybridized carbons (Fsp3) is 1.00. The minimum absolute atomic E-state index is 0.160. The van der Waals surface area contributed by atoms with E-state index in [1.807, 2.05) is 0 Å². The lowest BCUT2D eigenvalue weighted by molar-refractivity contribution is 0.0381. The van der Waals surface area contributed by atoms with Gasteiger partial charge in [0.1, 0.15) is 0 Å². The summed E-state index contributed by atoms with van der Waals surface area (Å²) in [6.45, 7) is 8.38. The molecule has 16 heavy (non-hydrogen) atoms. The van der Waals surface area contributed by atoms with Crippen molar-refractivity contribution in [3.05, 3.63) is 0 Å². The zero-order valence-electron chi connectivity index (χ0n) is 10.7. The molecule has 1 aliphatic carbocycles. The van der Waals surface area contributed by atoms with Gasteiger partial charge in [-0.25, -0.2) is 0 Å². The predicted molar refractivity (Wildman–Crippen MR) is 66.4 cm³/mol. The Labute approximate surface area is 99.3 Å². The molecule has 0 aromatic carbocycles. The Morgan fingerprint density at radius 3 is 2.56 bits per heavy atom. The van der Waals surface area contributed by atoms with Crippen LogP contribution in [0.15, 0.2) is 0 Å². The molecule has 0 amide bonds. The lowest BCUT2D eigenvalue weighted by Crippen LogP contribution is -2.58. The summed E-state index contributed by atoms with van der Waals surface area (Å²) < 4.78 is 5.55. The molecule has 0 aromatic heterocycles. The largest absolute Gasteiger partial charge is 0.381 e. The second-order valence-electron chi connectivity index (χ2n) is 5.55. The molecule has 2 N–H and O–H groups in total. The van der Waals surface area contributed by atoms with Crippen molar-refractivity contribution in [2.24, 2.45) is 11.7 Å². The van der Waals surface area contributed by atoms with Crippen LogP contribution in [0.1, 0.15) is 39.5 Å². The molecule has 2 fully saturated rings. The molecule has 2 unspecified atom stereocenters. The van der Waals surface area contributed by atoms with Gasteiger partial charge in [0.2, 0.25) is 0 Å². The van der Waals surface area contributed by atoms with E-state index in [4.69, 9.17) is 10.5 Å². The van der Waals surface area contributed by atoms with Gasteiger partial charge in [0.15, 0.2) is 0 Å². The van der Waals surface area contributed by atoms with Crippen LogP contribution in [0.4, 0.5) is 0 Å². The molecule has 1 aliphatic heterocycles. The fourth-order valence-corrected chi connectivity index (χ4v) is 3.03. The molecule has 0 spiro atoms. The minimum atomic E-state index is 0.160. The molecule has 2 atom stereocenters. The van der Waals surface area contributed by atoms with Crippen molar-refractivity contribution in [2.45, 2.75) is 51.1 Å². The van der Waals surface area contributed by atoms with E-state index in [0.29, 0.717) is 5.92 Å². The molecular weight excluding hydrogens is 200 g/mol. The Hall–Kier alpha value is -0.120. The summed E-state index contributed by atoms with van der Waals surface area (Å²) in [6, 6.07) is 0.800. The summed E-state index contributed by atoms with van der Waals surface area (Å²) in [6.07, 6.45) is 5.13. The summed E-state index contributed by atoms with van der Waals surface area (Å²) in [5.41, 5.74) is 6.25. The van der Waals surface area contributed by atoms with E-state index in [2.05, 4.69) is 18.7 Å². The smallest absolute Gasteiger partial charge is 0.0513 e. The topological polar surface area (TPSA) is 38.5 Å². The molecule has 2 rings (SSSR count). The Morgan fingerprint density at radius 2 is 2.12 bits per heavy atom. The maximum absolute atomic E-state index is 6.09. The Morgan fingerprint density at radius 1 is 1.38 bits per heavy atom. The average Bonchev–Trinajstić information content (AvgIpc) is 2.98. The third kappa shape index (κ3) is 2.27. The van der Waals surface area contributed by atoms with Crippen molar-refractivity contribution >= 4 is 0 Å². The van der Waals surface area contributed by atoms with Crippen molar-refractivity contribution in [3.8, 4) is 0 Å². The highest BCUT2D eigenvalue weighted by Crippen LogP contribution is 2.38. The molecule has 3 nitrogen and oxygen atoms in total. The van der Waals surface area contributed by atoms with Gasteiger partial charge in [-0.1, -0.05) is 6.92 Å². The van der Waals surface area contributed by atoms with Crippen molar-refractivity contribution in [1.29, 1.82) is 0 Å². The van der Waals surface area contributed by atoms with E-state index >= 15 is 0 Å². The zero-order valence-corrected chi connectivity index (χ0v) is 10.7. The van der Waals surface area contributed by atoms with E-state index in [0.717, 1.165) is 25.8 Å². The number of rotatable bonds is 6. The molecule has 0 bridgehead atoms. The zero-order chi connectivity index (χ0) is 11.6. The average molecular weight is 226 g/mol. The molecule has 94 valence electrons. The SMILES string of the molecule is CCCN(C1CC1)C(C)(CN)C1CCOC1. The van der Waals surface area contributed by atoms with Crippen molar-refractivity contribution in [1.82, 2.24) is 4.90 Å². The van der Waals surface area contributed by atoms with E-state index in [9.17, 15) is 0 Å². The van der Waals surface area contributed by atoms with Crippen LogP contribution in [0, 0.1) is 5.92 Å². The monoisotopic (exact) mass is 226 g/mol. The highest BCUT2D eigenvalue weighted by molar-refractivity contribution is 5.01. The van der Waals surface area contributed by atoms with Crippen molar-refractivity contribution < 1.29 is 4.74 Å². The normalized spacial score (nSPS) is 29.6. The van der Waals surface area contributed by atoms with Crippen LogP contribution in [0.2, 0.25) is 0 Å². The van der Waals surface area contributed by atoms with Crippen LogP contribution >= 0.6 is 0 Å². The third-order valence-electron chi connectivity index (χ3n) is 4.33. The van der Waals surface area contributed by atoms with Gasteiger partial charge < -0.3 is 10.5 Å². The van der Waals surface area contributed by atoms with E-state index < -0.39 is 0 Å². The second kappa shape index (κ2) is 5.03. The molecule has 3 heteroatoms. The van der Waals surface area contributed by atoms with Gasteiger partial charge in [-0.2, -0.15) is 0 Å². The van der Waals surface area contributed by atoms with Crippen LogP contribution in [-0.2, 0) is 4.74 Å². The predicted octanol–water partition coefficient (Wildman–Crippen LogP) is 1.61. The van der Waals surface area contributed by atoms with Gasteiger partial charge in [0.25, 0.3) is 0 Å². The Bertz CT molecular complexity index is 224. The van der Waals surface area contributed by atoms with Crippen molar-refractivity contribution in [2.75, 3.05) is 26.3 Å². The van der Waals surface area contributed by atoms with E-state index in [1.54, 1.807) is 0 Å². The number of nitrogens with zero attached hydrogens (tertiary/aromatic N) is 1. The minimum Gasteiger partial charge on any atom is -0.381 e. The Balaban J connectivity index is 2.09. The molecule has 1 heterocycles. The number of nitrogens with two attached hydrogens (primary N) is 1. The fourth-order valence-electron chi connectivity index (χ4n) is 3.03. The highest BCUT2D eigenvalue weighted by Gasteiger charge is 2.45. The van der Waals surface area contributed by atoms with Gasteiger partial charge in [-0.05, 0) is 39.2 Å². The van der Waals surface area contributed by atoms with Crippen LogP contribution < -0.4 is 5.73 Å². The van der Waals surface area contributed by atoms with Crippen LogP contribution in [-0.4, -0.2) is 42.8 Å². The standard InChI is InChI=1S/C13H26N2O/c1-3-7-15(12-4-5-12)13(2,10-14)11-6-8-16-9-11/h11-12H,3-10,14H2,1-2H3. The third-order valence-corrected chi connectivity index (χ3v) is 4.33. The maximum Gasteiger partial charge on any atom is 0.0513 e. The molecule has 2 aliphatic rings. The number of ether oxygens (including phenoxy) is 1. The highest BCUT2D eigenvalue weighted by atomic mass is 16.5. The first-order valence-corrected chi connectivity index (χ1v) is 6.77. The lowest BCUT2D eigenvalue weighted by Gasteiger charge is -2.45. The number of hydrogen-bond donors (Lipinski definition) is 1. The van der Waals surface area contributed by atoms with Crippen LogP contribution in [0.25, 0.3) is 0 Å². The van der Waals surface area contributed by atoms with Gasteiger partial charge in [-0.15, -0.1) is 0 Å². The first kappa shape index (κ1) is 12.3. The molecule has 0 radical (unpaired) electrons. The summed E-state index contributed by atoms with van der Waals surface area (Å²) in [4.78, 5) is 2.67.